The highest BCUT2D eigenvalue weighted by Crippen LogP contribution is 2.26. The van der Waals surface area contributed by atoms with Gasteiger partial charge in [0, 0.05) is 18.7 Å². The highest BCUT2D eigenvalue weighted by Gasteiger charge is 2.16. The third-order valence-electron chi connectivity index (χ3n) is 3.21. The molecule has 0 radical (unpaired) electrons. The fourth-order valence-electron chi connectivity index (χ4n) is 2.17. The molecular formula is C14H19NO2. The van der Waals surface area contributed by atoms with Gasteiger partial charge in [0.15, 0.2) is 0 Å². The molecule has 1 aromatic rings. The van der Waals surface area contributed by atoms with Crippen LogP contribution in [0.4, 0.5) is 0 Å². The van der Waals surface area contributed by atoms with Gasteiger partial charge in [-0.25, -0.2) is 0 Å². The summed E-state index contributed by atoms with van der Waals surface area (Å²) in [5, 5.41) is 0. The van der Waals surface area contributed by atoms with Gasteiger partial charge in [-0.1, -0.05) is 6.07 Å². The first-order valence-corrected chi connectivity index (χ1v) is 6.31. The molecule has 92 valence electrons. The first kappa shape index (κ1) is 12.0. The SMILES string of the molecule is CCN(CC)C(=O)c1ccc2c(c1)OCCC2. The molecule has 0 spiro atoms. The summed E-state index contributed by atoms with van der Waals surface area (Å²) < 4.78 is 5.59. The molecule has 0 saturated heterocycles. The molecule has 0 atom stereocenters. The molecule has 1 aliphatic rings. The summed E-state index contributed by atoms with van der Waals surface area (Å²) >= 11 is 0. The molecule has 1 aromatic carbocycles. The van der Waals surface area contributed by atoms with Crippen molar-refractivity contribution in [2.45, 2.75) is 26.7 Å². The summed E-state index contributed by atoms with van der Waals surface area (Å²) in [7, 11) is 0. The third-order valence-corrected chi connectivity index (χ3v) is 3.21. The minimum atomic E-state index is 0.0898. The molecule has 0 unspecified atom stereocenters. The molecule has 0 N–H and O–H groups in total. The van der Waals surface area contributed by atoms with Crippen molar-refractivity contribution < 1.29 is 9.53 Å². The monoisotopic (exact) mass is 233 g/mol. The van der Waals surface area contributed by atoms with Gasteiger partial charge >= 0.3 is 0 Å². The largest absolute Gasteiger partial charge is 0.493 e. The fourth-order valence-corrected chi connectivity index (χ4v) is 2.17. The zero-order valence-corrected chi connectivity index (χ0v) is 10.5. The van der Waals surface area contributed by atoms with Crippen molar-refractivity contribution in [1.29, 1.82) is 0 Å². The first-order valence-electron chi connectivity index (χ1n) is 6.31. The second kappa shape index (κ2) is 5.21. The Morgan fingerprint density at radius 3 is 2.82 bits per heavy atom. The Kier molecular flexibility index (Phi) is 3.67. The van der Waals surface area contributed by atoms with Crippen LogP contribution >= 0.6 is 0 Å². The van der Waals surface area contributed by atoms with E-state index in [1.807, 2.05) is 36.9 Å². The van der Waals surface area contributed by atoms with E-state index in [0.717, 1.165) is 43.9 Å². The lowest BCUT2D eigenvalue weighted by molar-refractivity contribution is 0.0772. The number of amides is 1. The molecule has 2 rings (SSSR count). The number of aryl methyl sites for hydroxylation is 1. The average Bonchev–Trinajstić information content (AvgIpc) is 2.39. The maximum atomic E-state index is 12.2. The molecular weight excluding hydrogens is 214 g/mol. The topological polar surface area (TPSA) is 29.5 Å². The number of rotatable bonds is 3. The fraction of sp³-hybridized carbons (Fsp3) is 0.500. The van der Waals surface area contributed by atoms with Crippen LogP contribution in [0.15, 0.2) is 18.2 Å². The molecule has 0 fully saturated rings. The number of ether oxygens (including phenoxy) is 1. The number of hydrogen-bond acceptors (Lipinski definition) is 2. The number of carbonyl (C=O) groups excluding carboxylic acids is 1. The Labute approximate surface area is 102 Å². The highest BCUT2D eigenvalue weighted by atomic mass is 16.5. The van der Waals surface area contributed by atoms with Crippen LogP contribution in [0.5, 0.6) is 5.75 Å². The summed E-state index contributed by atoms with van der Waals surface area (Å²) in [4.78, 5) is 14.0. The summed E-state index contributed by atoms with van der Waals surface area (Å²) in [5.74, 6) is 0.973. The molecule has 0 saturated carbocycles. The molecule has 0 aromatic heterocycles. The van der Waals surface area contributed by atoms with Crippen molar-refractivity contribution >= 4 is 5.91 Å². The minimum absolute atomic E-state index is 0.0898. The quantitative estimate of drug-likeness (QED) is 0.802. The molecule has 1 heterocycles. The maximum absolute atomic E-state index is 12.2. The smallest absolute Gasteiger partial charge is 0.253 e. The van der Waals surface area contributed by atoms with Crippen LogP contribution in [0.25, 0.3) is 0 Å². The van der Waals surface area contributed by atoms with Crippen molar-refractivity contribution in [3.63, 3.8) is 0 Å². The molecule has 1 amide bonds. The van der Waals surface area contributed by atoms with Crippen LogP contribution in [0.1, 0.15) is 36.2 Å². The second-order valence-electron chi connectivity index (χ2n) is 4.25. The van der Waals surface area contributed by atoms with E-state index >= 15 is 0 Å². The Morgan fingerprint density at radius 2 is 2.12 bits per heavy atom. The lowest BCUT2D eigenvalue weighted by Gasteiger charge is -2.21. The van der Waals surface area contributed by atoms with Crippen molar-refractivity contribution in [3.05, 3.63) is 29.3 Å². The Bertz CT molecular complexity index is 411. The van der Waals surface area contributed by atoms with E-state index in [0.29, 0.717) is 0 Å². The summed E-state index contributed by atoms with van der Waals surface area (Å²) in [6.07, 6.45) is 2.12. The maximum Gasteiger partial charge on any atom is 0.253 e. The molecule has 0 bridgehead atoms. The summed E-state index contributed by atoms with van der Waals surface area (Å²) in [6, 6.07) is 5.81. The number of benzene rings is 1. The number of nitrogens with zero attached hydrogens (tertiary/aromatic N) is 1. The number of carbonyl (C=O) groups is 1. The van der Waals surface area contributed by atoms with Gasteiger partial charge in [0.1, 0.15) is 5.75 Å². The van der Waals surface area contributed by atoms with Gasteiger partial charge in [-0.2, -0.15) is 0 Å². The van der Waals surface area contributed by atoms with Gasteiger partial charge in [0.25, 0.3) is 5.91 Å². The van der Waals surface area contributed by atoms with Gasteiger partial charge < -0.3 is 9.64 Å². The minimum Gasteiger partial charge on any atom is -0.493 e. The van der Waals surface area contributed by atoms with Crippen LogP contribution in [0.3, 0.4) is 0 Å². The van der Waals surface area contributed by atoms with Crippen LogP contribution in [0, 0.1) is 0 Å². The predicted molar refractivity (Wildman–Crippen MR) is 67.5 cm³/mol. The van der Waals surface area contributed by atoms with Crippen molar-refractivity contribution in [2.75, 3.05) is 19.7 Å². The van der Waals surface area contributed by atoms with Gasteiger partial charge in [-0.15, -0.1) is 0 Å². The van der Waals surface area contributed by atoms with Gasteiger partial charge in [0.2, 0.25) is 0 Å². The van der Waals surface area contributed by atoms with Gasteiger partial charge in [0.05, 0.1) is 6.61 Å². The standard InChI is InChI=1S/C14H19NO2/c1-3-15(4-2)14(16)12-8-7-11-6-5-9-17-13(11)10-12/h7-8,10H,3-6,9H2,1-2H3. The van der Waals surface area contributed by atoms with E-state index in [-0.39, 0.29) is 5.91 Å². The predicted octanol–water partition coefficient (Wildman–Crippen LogP) is 2.49. The van der Waals surface area contributed by atoms with E-state index < -0.39 is 0 Å². The van der Waals surface area contributed by atoms with E-state index in [1.165, 1.54) is 5.56 Å². The molecule has 0 aliphatic carbocycles. The second-order valence-corrected chi connectivity index (χ2v) is 4.25. The highest BCUT2D eigenvalue weighted by molar-refractivity contribution is 5.94. The Balaban J connectivity index is 2.24. The van der Waals surface area contributed by atoms with Crippen LogP contribution in [-0.4, -0.2) is 30.5 Å². The van der Waals surface area contributed by atoms with Crippen molar-refractivity contribution in [3.8, 4) is 5.75 Å². The van der Waals surface area contributed by atoms with E-state index in [4.69, 9.17) is 4.74 Å². The lowest BCUT2D eigenvalue weighted by Crippen LogP contribution is -2.30. The third kappa shape index (κ3) is 2.43. The van der Waals surface area contributed by atoms with E-state index in [1.54, 1.807) is 0 Å². The number of hydrogen-bond donors (Lipinski definition) is 0. The lowest BCUT2D eigenvalue weighted by atomic mass is 10.0. The van der Waals surface area contributed by atoms with Crippen molar-refractivity contribution in [1.82, 2.24) is 4.90 Å². The average molecular weight is 233 g/mol. The van der Waals surface area contributed by atoms with Gasteiger partial charge in [-0.05, 0) is 44.4 Å². The normalized spacial score (nSPS) is 13.8. The molecule has 3 heteroatoms. The summed E-state index contributed by atoms with van der Waals surface area (Å²) in [5.41, 5.74) is 1.95. The first-order chi connectivity index (χ1) is 8.26. The summed E-state index contributed by atoms with van der Waals surface area (Å²) in [6.45, 7) is 6.24. The zero-order chi connectivity index (χ0) is 12.3. The van der Waals surface area contributed by atoms with Crippen LogP contribution in [0.2, 0.25) is 0 Å². The molecule has 17 heavy (non-hydrogen) atoms. The zero-order valence-electron chi connectivity index (χ0n) is 10.5. The number of fused-ring (bicyclic) bond motifs is 1. The van der Waals surface area contributed by atoms with Crippen LogP contribution < -0.4 is 4.74 Å². The molecule has 3 nitrogen and oxygen atoms in total. The van der Waals surface area contributed by atoms with Gasteiger partial charge in [-0.3, -0.25) is 4.79 Å². The van der Waals surface area contributed by atoms with Crippen LogP contribution in [-0.2, 0) is 6.42 Å². The van der Waals surface area contributed by atoms with E-state index in [9.17, 15) is 4.79 Å². The molecule has 1 aliphatic heterocycles. The Morgan fingerprint density at radius 1 is 1.35 bits per heavy atom. The van der Waals surface area contributed by atoms with Crippen molar-refractivity contribution in [2.24, 2.45) is 0 Å². The van der Waals surface area contributed by atoms with E-state index in [2.05, 4.69) is 0 Å². The Hall–Kier alpha value is -1.51.